The van der Waals surface area contributed by atoms with Gasteiger partial charge in [0, 0.05) is 23.3 Å². The van der Waals surface area contributed by atoms with E-state index >= 15 is 0 Å². The topological polar surface area (TPSA) is 65.3 Å². The Labute approximate surface area is 195 Å². The monoisotopic (exact) mass is 480 g/mol. The lowest BCUT2D eigenvalue weighted by Crippen LogP contribution is -2.15. The molecule has 5 nitrogen and oxygen atoms in total. The molecule has 0 bridgehead atoms. The first kappa shape index (κ1) is 27.0. The van der Waals surface area contributed by atoms with Crippen LogP contribution in [0.1, 0.15) is 58.4 Å². The highest BCUT2D eigenvalue weighted by molar-refractivity contribution is 7.99. The normalized spacial score (nSPS) is 13.0. The first-order valence-corrected chi connectivity index (χ1v) is 13.5. The molecule has 1 aliphatic rings. The van der Waals surface area contributed by atoms with Crippen molar-refractivity contribution in [1.29, 1.82) is 0 Å². The SMILES string of the molecule is C=S(=O)(c1c(Cl)nc2sccn12)n1cc(CCN)c2c1C=CC=C=C2.CC.CC.CC. The van der Waals surface area contributed by atoms with E-state index in [9.17, 15) is 4.21 Å². The van der Waals surface area contributed by atoms with Gasteiger partial charge in [-0.1, -0.05) is 59.2 Å². The molecule has 0 saturated carbocycles. The maximum Gasteiger partial charge on any atom is 0.196 e. The summed E-state index contributed by atoms with van der Waals surface area (Å²) in [5.74, 6) is 4.03. The molecule has 3 aromatic heterocycles. The highest BCUT2D eigenvalue weighted by atomic mass is 35.5. The quantitative estimate of drug-likeness (QED) is 0.359. The van der Waals surface area contributed by atoms with E-state index < -0.39 is 9.71 Å². The number of thiazole rings is 1. The molecular formula is C23H33ClN4OS2. The van der Waals surface area contributed by atoms with Crippen molar-refractivity contribution >= 4 is 55.6 Å². The van der Waals surface area contributed by atoms with E-state index in [0.717, 1.165) is 16.8 Å². The van der Waals surface area contributed by atoms with Crippen LogP contribution in [0.4, 0.5) is 0 Å². The van der Waals surface area contributed by atoms with Crippen LogP contribution in [0.15, 0.2) is 40.7 Å². The van der Waals surface area contributed by atoms with Gasteiger partial charge in [-0.05, 0) is 42.6 Å². The summed E-state index contributed by atoms with van der Waals surface area (Å²) in [5, 5.41) is 2.48. The van der Waals surface area contributed by atoms with E-state index in [4.69, 9.17) is 17.3 Å². The number of rotatable bonds is 4. The van der Waals surface area contributed by atoms with E-state index in [0.29, 0.717) is 23.0 Å². The Balaban J connectivity index is 0.000000739. The predicted molar refractivity (Wildman–Crippen MR) is 140 cm³/mol. The number of imidazole rings is 1. The first-order chi connectivity index (χ1) is 15.0. The zero-order valence-electron chi connectivity index (χ0n) is 19.2. The molecule has 8 heteroatoms. The maximum absolute atomic E-state index is 13.8. The van der Waals surface area contributed by atoms with Crippen molar-refractivity contribution in [1.82, 2.24) is 13.4 Å². The summed E-state index contributed by atoms with van der Waals surface area (Å²) < 4.78 is 17.2. The number of allylic oxidation sites excluding steroid dienone is 2. The van der Waals surface area contributed by atoms with Gasteiger partial charge in [-0.3, -0.25) is 8.37 Å². The van der Waals surface area contributed by atoms with Crippen molar-refractivity contribution in [3.8, 4) is 0 Å². The number of nitrogens with two attached hydrogens (primary N) is 1. The summed E-state index contributed by atoms with van der Waals surface area (Å²) >= 11 is 7.74. The van der Waals surface area contributed by atoms with Gasteiger partial charge in [-0.2, -0.15) is 0 Å². The first-order valence-electron chi connectivity index (χ1n) is 10.6. The molecule has 0 aromatic carbocycles. The molecule has 0 amide bonds. The molecule has 3 heterocycles. The molecule has 170 valence electrons. The molecule has 4 rings (SSSR count). The number of hydrogen-bond donors (Lipinski definition) is 1. The number of halogens is 1. The number of aromatic nitrogens is 3. The van der Waals surface area contributed by atoms with Crippen LogP contribution < -0.4 is 5.73 Å². The second-order valence-corrected chi connectivity index (χ2v) is 8.85. The summed E-state index contributed by atoms with van der Waals surface area (Å²) in [7, 11) is -2.94. The second kappa shape index (κ2) is 12.7. The Hall–Kier alpha value is -2.02. The Morgan fingerprint density at radius 3 is 2.58 bits per heavy atom. The number of fused-ring (bicyclic) bond motifs is 2. The largest absolute Gasteiger partial charge is 0.330 e. The fourth-order valence-corrected chi connectivity index (χ4v) is 6.01. The van der Waals surface area contributed by atoms with Gasteiger partial charge in [0.2, 0.25) is 0 Å². The molecule has 2 N–H and O–H groups in total. The van der Waals surface area contributed by atoms with Crippen LogP contribution in [0.2, 0.25) is 5.15 Å². The lowest BCUT2D eigenvalue weighted by Gasteiger charge is -2.13. The molecule has 1 aliphatic carbocycles. The summed E-state index contributed by atoms with van der Waals surface area (Å²) in [6.45, 7) is 12.5. The van der Waals surface area contributed by atoms with Crippen molar-refractivity contribution in [2.75, 3.05) is 6.54 Å². The zero-order valence-corrected chi connectivity index (χ0v) is 21.6. The molecule has 0 saturated heterocycles. The maximum atomic E-state index is 13.8. The number of hydrogen-bond acceptors (Lipinski definition) is 4. The summed E-state index contributed by atoms with van der Waals surface area (Å²) in [6, 6.07) is 0. The van der Waals surface area contributed by atoms with Crippen molar-refractivity contribution in [2.24, 2.45) is 5.73 Å². The Morgan fingerprint density at radius 2 is 1.94 bits per heavy atom. The molecule has 31 heavy (non-hydrogen) atoms. The van der Waals surface area contributed by atoms with Crippen LogP contribution in [-0.4, -0.2) is 30.0 Å². The highest BCUT2D eigenvalue weighted by Crippen LogP contribution is 2.31. The van der Waals surface area contributed by atoms with Crippen LogP contribution in [0.25, 0.3) is 17.1 Å². The fourth-order valence-electron chi connectivity index (χ4n) is 2.94. The van der Waals surface area contributed by atoms with Gasteiger partial charge in [-0.25, -0.2) is 9.19 Å². The Bertz CT molecular complexity index is 1170. The van der Waals surface area contributed by atoms with Gasteiger partial charge in [0.15, 0.2) is 15.1 Å². The molecule has 0 spiro atoms. The molecule has 0 radical (unpaired) electrons. The molecular weight excluding hydrogens is 448 g/mol. The van der Waals surface area contributed by atoms with E-state index in [1.54, 1.807) is 14.6 Å². The van der Waals surface area contributed by atoms with Crippen LogP contribution in [0.3, 0.4) is 0 Å². The smallest absolute Gasteiger partial charge is 0.196 e. The number of nitrogens with zero attached hydrogens (tertiary/aromatic N) is 3. The summed E-state index contributed by atoms with van der Waals surface area (Å²) in [5.41, 5.74) is 11.6. The minimum atomic E-state index is -2.94. The van der Waals surface area contributed by atoms with Crippen LogP contribution in [-0.2, 0) is 16.1 Å². The van der Waals surface area contributed by atoms with Crippen molar-refractivity contribution in [3.05, 3.63) is 57.6 Å². The fraction of sp³-hybridized carbons (Fsp3) is 0.348. The second-order valence-electron chi connectivity index (χ2n) is 5.56. The minimum Gasteiger partial charge on any atom is -0.330 e. The van der Waals surface area contributed by atoms with E-state index in [2.05, 4.69) is 16.6 Å². The van der Waals surface area contributed by atoms with Gasteiger partial charge < -0.3 is 5.73 Å². The van der Waals surface area contributed by atoms with Crippen molar-refractivity contribution in [3.63, 3.8) is 0 Å². The standard InChI is InChI=1S/C17H15ClN4OS2.3C2H6/c1-25(23,16-15(18)20-17-21(16)9-10-24-17)22-11-12(7-8-19)13-5-3-2-4-6-14(13)22;3*1-2/h2,4-6,9-11H,1,7-8,19H2;3*1-2H3. The predicted octanol–water partition coefficient (Wildman–Crippen LogP) is 6.16. The highest BCUT2D eigenvalue weighted by Gasteiger charge is 2.25. The average molecular weight is 481 g/mol. The van der Waals surface area contributed by atoms with Crippen LogP contribution >= 0.6 is 22.9 Å². The third-order valence-corrected chi connectivity index (χ3v) is 7.08. The van der Waals surface area contributed by atoms with Gasteiger partial charge in [0.05, 0.1) is 15.4 Å². The van der Waals surface area contributed by atoms with E-state index in [1.165, 1.54) is 11.3 Å². The van der Waals surface area contributed by atoms with E-state index in [-0.39, 0.29) is 5.15 Å². The van der Waals surface area contributed by atoms with Gasteiger partial charge >= 0.3 is 0 Å². The lowest BCUT2D eigenvalue weighted by atomic mass is 10.1. The molecule has 1 unspecified atom stereocenters. The van der Waals surface area contributed by atoms with Gasteiger partial charge in [0.1, 0.15) is 0 Å². The average Bonchev–Trinajstić information content (AvgIpc) is 3.40. The molecule has 1 atom stereocenters. The molecule has 3 aromatic rings. The zero-order chi connectivity index (χ0) is 23.6. The third-order valence-electron chi connectivity index (χ3n) is 4.02. The van der Waals surface area contributed by atoms with Crippen LogP contribution in [0, 0.1) is 0 Å². The summed E-state index contributed by atoms with van der Waals surface area (Å²) in [4.78, 5) is 4.98. The van der Waals surface area contributed by atoms with Gasteiger partial charge in [0.25, 0.3) is 0 Å². The van der Waals surface area contributed by atoms with Crippen molar-refractivity contribution < 1.29 is 4.21 Å². The molecule has 0 aliphatic heterocycles. The van der Waals surface area contributed by atoms with Gasteiger partial charge in [-0.15, -0.1) is 17.1 Å². The minimum absolute atomic E-state index is 0.209. The Kier molecular flexibility index (Phi) is 11.1. The Morgan fingerprint density at radius 1 is 1.26 bits per heavy atom. The van der Waals surface area contributed by atoms with Crippen molar-refractivity contribution in [2.45, 2.75) is 53.0 Å². The molecule has 0 fully saturated rings. The van der Waals surface area contributed by atoms with Crippen LogP contribution in [0.5, 0.6) is 0 Å². The summed E-state index contributed by atoms with van der Waals surface area (Å²) in [6.07, 6.45) is 11.8. The lowest BCUT2D eigenvalue weighted by molar-refractivity contribution is 0.671. The van der Waals surface area contributed by atoms with E-state index in [1.807, 2.05) is 77.4 Å². The third kappa shape index (κ3) is 5.43.